The predicted molar refractivity (Wildman–Crippen MR) is 75.5 cm³/mol. The number of rotatable bonds is 2. The van der Waals surface area contributed by atoms with Gasteiger partial charge in [0.05, 0.1) is 17.7 Å². The summed E-state index contributed by atoms with van der Waals surface area (Å²) in [6.45, 7) is 5.39. The molecule has 0 bridgehead atoms. The highest BCUT2D eigenvalue weighted by atomic mass is 15.2. The van der Waals surface area contributed by atoms with Crippen molar-refractivity contribution in [1.82, 2.24) is 0 Å². The maximum atomic E-state index is 9.02. The van der Waals surface area contributed by atoms with Crippen molar-refractivity contribution in [2.75, 3.05) is 11.4 Å². The fourth-order valence-electron chi connectivity index (χ4n) is 3.02. The van der Waals surface area contributed by atoms with Crippen LogP contribution < -0.4 is 4.90 Å². The maximum absolute atomic E-state index is 9.02. The largest absolute Gasteiger partial charge is 0.366 e. The van der Waals surface area contributed by atoms with Gasteiger partial charge < -0.3 is 4.90 Å². The molecule has 0 radical (unpaired) electrons. The fourth-order valence-corrected chi connectivity index (χ4v) is 3.02. The monoisotopic (exact) mass is 253 g/mol. The lowest BCUT2D eigenvalue weighted by atomic mass is 9.77. The van der Waals surface area contributed by atoms with Crippen molar-refractivity contribution in [3.8, 4) is 12.1 Å². The van der Waals surface area contributed by atoms with E-state index in [0.717, 1.165) is 25.1 Å². The van der Waals surface area contributed by atoms with E-state index in [1.165, 1.54) is 0 Å². The predicted octanol–water partition coefficient (Wildman–Crippen LogP) is 3.47. The van der Waals surface area contributed by atoms with E-state index in [0.29, 0.717) is 17.9 Å². The van der Waals surface area contributed by atoms with Crippen molar-refractivity contribution in [1.29, 1.82) is 10.5 Å². The van der Waals surface area contributed by atoms with Crippen LogP contribution in [-0.4, -0.2) is 12.1 Å². The van der Waals surface area contributed by atoms with E-state index in [-0.39, 0.29) is 5.54 Å². The molecule has 98 valence electrons. The lowest BCUT2D eigenvalue weighted by molar-refractivity contribution is 0.242. The number of benzene rings is 1. The second kappa shape index (κ2) is 5.33. The molecule has 1 aliphatic rings. The highest BCUT2D eigenvalue weighted by Gasteiger charge is 2.38. The molecule has 1 atom stereocenters. The molecule has 0 saturated carbocycles. The fraction of sp³-hybridized carbons (Fsp3) is 0.500. The molecule has 0 spiro atoms. The van der Waals surface area contributed by atoms with Crippen molar-refractivity contribution >= 4 is 5.69 Å². The molecule has 0 N–H and O–H groups in total. The minimum atomic E-state index is -0.0396. The minimum Gasteiger partial charge on any atom is -0.366 e. The van der Waals surface area contributed by atoms with Crippen LogP contribution in [0.2, 0.25) is 0 Å². The number of piperidine rings is 1. The average Bonchev–Trinajstić information content (AvgIpc) is 2.41. The zero-order chi connectivity index (χ0) is 13.9. The Hall–Kier alpha value is -2.00. The Kier molecular flexibility index (Phi) is 3.76. The van der Waals surface area contributed by atoms with Crippen molar-refractivity contribution in [3.05, 3.63) is 29.8 Å². The molecule has 1 aliphatic heterocycles. The molecule has 1 aromatic rings. The van der Waals surface area contributed by atoms with Crippen LogP contribution in [0.1, 0.15) is 38.7 Å². The zero-order valence-corrected chi connectivity index (χ0v) is 11.6. The molecule has 3 heteroatoms. The van der Waals surface area contributed by atoms with Crippen LogP contribution >= 0.6 is 0 Å². The highest BCUT2D eigenvalue weighted by molar-refractivity contribution is 5.54. The summed E-state index contributed by atoms with van der Waals surface area (Å²) in [4.78, 5) is 2.35. The maximum Gasteiger partial charge on any atom is 0.0992 e. The molecule has 19 heavy (non-hydrogen) atoms. The quantitative estimate of drug-likeness (QED) is 0.811. The number of hydrogen-bond acceptors (Lipinski definition) is 3. The number of nitriles is 2. The zero-order valence-electron chi connectivity index (χ0n) is 11.6. The SMILES string of the molecule is CC1(C)C(CC#N)CCCN1c1cccc(C#N)c1. The third kappa shape index (κ3) is 2.56. The van der Waals surface area contributed by atoms with Crippen LogP contribution in [-0.2, 0) is 0 Å². The summed E-state index contributed by atoms with van der Waals surface area (Å²) in [6, 6.07) is 12.2. The van der Waals surface area contributed by atoms with Crippen LogP contribution in [0.3, 0.4) is 0 Å². The molecule has 2 rings (SSSR count). The lowest BCUT2D eigenvalue weighted by Crippen LogP contribution is -2.53. The van der Waals surface area contributed by atoms with Gasteiger partial charge in [-0.15, -0.1) is 0 Å². The third-order valence-corrected chi connectivity index (χ3v) is 4.25. The smallest absolute Gasteiger partial charge is 0.0992 e. The Morgan fingerprint density at radius 1 is 1.37 bits per heavy atom. The molecule has 3 nitrogen and oxygen atoms in total. The molecule has 0 aromatic heterocycles. The van der Waals surface area contributed by atoms with Gasteiger partial charge in [0.25, 0.3) is 0 Å². The van der Waals surface area contributed by atoms with Gasteiger partial charge in [-0.3, -0.25) is 0 Å². The average molecular weight is 253 g/mol. The summed E-state index contributed by atoms with van der Waals surface area (Å²) in [5, 5.41) is 18.0. The Balaban J connectivity index is 2.33. The molecule has 1 aromatic carbocycles. The Labute approximate surface area is 115 Å². The summed E-state index contributed by atoms with van der Waals surface area (Å²) in [7, 11) is 0. The highest BCUT2D eigenvalue weighted by Crippen LogP contribution is 2.38. The van der Waals surface area contributed by atoms with E-state index in [9.17, 15) is 0 Å². The van der Waals surface area contributed by atoms with Gasteiger partial charge in [0.1, 0.15) is 0 Å². The van der Waals surface area contributed by atoms with Gasteiger partial charge in [0, 0.05) is 24.2 Å². The molecule has 1 heterocycles. The topological polar surface area (TPSA) is 50.8 Å². The van der Waals surface area contributed by atoms with Crippen LogP contribution in [0.25, 0.3) is 0 Å². The van der Waals surface area contributed by atoms with Crippen LogP contribution in [0.4, 0.5) is 5.69 Å². The lowest BCUT2D eigenvalue weighted by Gasteiger charge is -2.49. The van der Waals surface area contributed by atoms with Crippen molar-refractivity contribution in [3.63, 3.8) is 0 Å². The van der Waals surface area contributed by atoms with E-state index in [1.807, 2.05) is 18.2 Å². The van der Waals surface area contributed by atoms with Crippen LogP contribution in [0, 0.1) is 28.6 Å². The van der Waals surface area contributed by atoms with Crippen molar-refractivity contribution in [2.45, 2.75) is 38.6 Å². The second-order valence-electron chi connectivity index (χ2n) is 5.67. The molecular formula is C16H19N3. The minimum absolute atomic E-state index is 0.0396. The first kappa shape index (κ1) is 13.4. The Morgan fingerprint density at radius 3 is 2.84 bits per heavy atom. The summed E-state index contributed by atoms with van der Waals surface area (Å²) < 4.78 is 0. The van der Waals surface area contributed by atoms with Crippen LogP contribution in [0.5, 0.6) is 0 Å². The molecule has 1 fully saturated rings. The first-order valence-electron chi connectivity index (χ1n) is 6.74. The van der Waals surface area contributed by atoms with Gasteiger partial charge in [-0.25, -0.2) is 0 Å². The van der Waals surface area contributed by atoms with Gasteiger partial charge in [0.15, 0.2) is 0 Å². The first-order chi connectivity index (χ1) is 9.09. The standard InChI is InChI=1S/C16H19N3/c1-16(2)14(8-9-17)6-4-10-19(16)15-7-3-5-13(11-15)12-18/h3,5,7,11,14H,4,6,8,10H2,1-2H3. The third-order valence-electron chi connectivity index (χ3n) is 4.25. The van der Waals surface area contributed by atoms with Crippen molar-refractivity contribution < 1.29 is 0 Å². The molecule has 0 aliphatic carbocycles. The number of nitrogens with zero attached hydrogens (tertiary/aromatic N) is 3. The summed E-state index contributed by atoms with van der Waals surface area (Å²) in [5.41, 5.74) is 1.74. The van der Waals surface area contributed by atoms with Gasteiger partial charge in [-0.05, 0) is 50.8 Å². The Morgan fingerprint density at radius 2 is 2.16 bits per heavy atom. The second-order valence-corrected chi connectivity index (χ2v) is 5.67. The van der Waals surface area contributed by atoms with E-state index >= 15 is 0 Å². The Bertz CT molecular complexity index is 534. The normalized spacial score (nSPS) is 21.5. The number of anilines is 1. The van der Waals surface area contributed by atoms with E-state index in [2.05, 4.69) is 37.0 Å². The number of hydrogen-bond donors (Lipinski definition) is 0. The van der Waals surface area contributed by atoms with Gasteiger partial charge in [-0.1, -0.05) is 6.07 Å². The molecular weight excluding hydrogens is 234 g/mol. The molecule has 1 unspecified atom stereocenters. The van der Waals surface area contributed by atoms with Crippen LogP contribution in [0.15, 0.2) is 24.3 Å². The van der Waals surface area contributed by atoms with Gasteiger partial charge in [0.2, 0.25) is 0 Å². The molecule has 1 saturated heterocycles. The van der Waals surface area contributed by atoms with Crippen molar-refractivity contribution in [2.24, 2.45) is 5.92 Å². The summed E-state index contributed by atoms with van der Waals surface area (Å²) in [6.07, 6.45) is 2.81. The van der Waals surface area contributed by atoms with E-state index in [1.54, 1.807) is 0 Å². The summed E-state index contributed by atoms with van der Waals surface area (Å²) >= 11 is 0. The van der Waals surface area contributed by atoms with Gasteiger partial charge in [-0.2, -0.15) is 10.5 Å². The molecule has 0 amide bonds. The van der Waals surface area contributed by atoms with Gasteiger partial charge >= 0.3 is 0 Å². The van der Waals surface area contributed by atoms with E-state index in [4.69, 9.17) is 10.5 Å². The summed E-state index contributed by atoms with van der Waals surface area (Å²) in [5.74, 6) is 0.386. The van der Waals surface area contributed by atoms with E-state index < -0.39 is 0 Å². The first-order valence-corrected chi connectivity index (χ1v) is 6.74.